The largest absolute Gasteiger partial charge is 0.362 e. The molecular weight excluding hydrogens is 250 g/mol. The van der Waals surface area contributed by atoms with Crippen LogP contribution in [0.5, 0.6) is 0 Å². The third-order valence-corrected chi connectivity index (χ3v) is 4.61. The Balaban J connectivity index is 2.19. The first-order valence-electron chi connectivity index (χ1n) is 6.61. The molecule has 19 heavy (non-hydrogen) atoms. The van der Waals surface area contributed by atoms with Crippen molar-refractivity contribution in [3.05, 3.63) is 71.3 Å². The highest BCUT2D eigenvalue weighted by atomic mass is 32.1. The van der Waals surface area contributed by atoms with Gasteiger partial charge in [0.05, 0.1) is 0 Å². The molecule has 0 unspecified atom stereocenters. The first-order chi connectivity index (χ1) is 9.20. The number of rotatable bonds is 1. The minimum absolute atomic E-state index is 0.379. The summed E-state index contributed by atoms with van der Waals surface area (Å²) in [6.07, 6.45) is 0. The van der Waals surface area contributed by atoms with E-state index in [0.717, 1.165) is 4.99 Å². The highest BCUT2D eigenvalue weighted by Crippen LogP contribution is 2.37. The van der Waals surface area contributed by atoms with Crippen LogP contribution in [0.1, 0.15) is 29.5 Å². The molecule has 2 aromatic rings. The molecule has 0 bridgehead atoms. The molecule has 0 saturated carbocycles. The molecule has 0 amide bonds. The Morgan fingerprint density at radius 1 is 0.947 bits per heavy atom. The van der Waals surface area contributed by atoms with Gasteiger partial charge in [0.25, 0.3) is 0 Å². The van der Waals surface area contributed by atoms with E-state index in [1.165, 1.54) is 16.7 Å². The first kappa shape index (κ1) is 12.4. The predicted molar refractivity (Wildman–Crippen MR) is 83.7 cm³/mol. The van der Waals surface area contributed by atoms with Gasteiger partial charge < -0.3 is 4.90 Å². The Kier molecular flexibility index (Phi) is 3.11. The fourth-order valence-corrected chi connectivity index (χ4v) is 3.29. The van der Waals surface area contributed by atoms with E-state index in [1.807, 2.05) is 0 Å². The molecule has 0 saturated heterocycles. The average Bonchev–Trinajstić information content (AvgIpc) is 2.46. The van der Waals surface area contributed by atoms with Gasteiger partial charge in [0.15, 0.2) is 0 Å². The minimum Gasteiger partial charge on any atom is -0.362 e. The maximum Gasteiger partial charge on any atom is 0.109 e. The van der Waals surface area contributed by atoms with Crippen LogP contribution in [-0.4, -0.2) is 23.0 Å². The van der Waals surface area contributed by atoms with Crippen molar-refractivity contribution >= 4 is 17.2 Å². The Labute approximate surface area is 119 Å². The first-order valence-corrected chi connectivity index (χ1v) is 7.02. The molecule has 1 nitrogen and oxygen atoms in total. The summed E-state index contributed by atoms with van der Waals surface area (Å²) in [5.41, 5.74) is 3.91. The molecule has 1 aliphatic heterocycles. The van der Waals surface area contributed by atoms with Crippen molar-refractivity contribution in [1.29, 1.82) is 0 Å². The standard InChI is InChI=1S/C17H17NS/c1-12-16(13-8-4-3-5-9-13)14-10-6-7-11-15(14)17(19)18(12)2/h3-12,16H,1-2H3/t12-,16+/m1/s1. The highest BCUT2D eigenvalue weighted by molar-refractivity contribution is 7.80. The van der Waals surface area contributed by atoms with Gasteiger partial charge in [-0.05, 0) is 18.1 Å². The second kappa shape index (κ2) is 4.78. The summed E-state index contributed by atoms with van der Waals surface area (Å²) in [5.74, 6) is 0.383. The maximum absolute atomic E-state index is 5.59. The van der Waals surface area contributed by atoms with Gasteiger partial charge in [-0.1, -0.05) is 66.8 Å². The summed E-state index contributed by atoms with van der Waals surface area (Å²) in [7, 11) is 2.10. The molecule has 2 aromatic carbocycles. The van der Waals surface area contributed by atoms with Gasteiger partial charge >= 0.3 is 0 Å². The Morgan fingerprint density at radius 2 is 1.58 bits per heavy atom. The van der Waals surface area contributed by atoms with Gasteiger partial charge in [-0.2, -0.15) is 0 Å². The van der Waals surface area contributed by atoms with Crippen molar-refractivity contribution < 1.29 is 0 Å². The van der Waals surface area contributed by atoms with Crippen LogP contribution in [-0.2, 0) is 0 Å². The minimum atomic E-state index is 0.379. The van der Waals surface area contributed by atoms with Crippen molar-refractivity contribution in [2.45, 2.75) is 18.9 Å². The molecule has 2 atom stereocenters. The van der Waals surface area contributed by atoms with Gasteiger partial charge in [0, 0.05) is 24.6 Å². The van der Waals surface area contributed by atoms with Gasteiger partial charge in [0.2, 0.25) is 0 Å². The number of fused-ring (bicyclic) bond motifs is 1. The number of benzene rings is 2. The van der Waals surface area contributed by atoms with Crippen LogP contribution in [0.3, 0.4) is 0 Å². The molecule has 0 spiro atoms. The fraction of sp³-hybridized carbons (Fsp3) is 0.235. The molecule has 0 N–H and O–H groups in total. The topological polar surface area (TPSA) is 3.24 Å². The Bertz CT molecular complexity index is 606. The molecular formula is C17H17NS. The van der Waals surface area contributed by atoms with Gasteiger partial charge in [-0.25, -0.2) is 0 Å². The summed E-state index contributed by atoms with van der Waals surface area (Å²) >= 11 is 5.59. The molecule has 96 valence electrons. The van der Waals surface area contributed by atoms with Crippen LogP contribution >= 0.6 is 12.2 Å². The second-order valence-corrected chi connectivity index (χ2v) is 5.52. The summed E-state index contributed by atoms with van der Waals surface area (Å²) < 4.78 is 0. The number of hydrogen-bond donors (Lipinski definition) is 0. The number of nitrogens with zero attached hydrogens (tertiary/aromatic N) is 1. The molecule has 1 heterocycles. The zero-order chi connectivity index (χ0) is 13.4. The lowest BCUT2D eigenvalue weighted by Crippen LogP contribution is -2.43. The molecule has 1 aliphatic rings. The SMILES string of the molecule is C[C@@H]1[C@@H](c2ccccc2)c2ccccc2C(=S)N1C. The van der Waals surface area contributed by atoms with Crippen molar-refractivity contribution in [2.24, 2.45) is 0 Å². The van der Waals surface area contributed by atoms with E-state index in [0.29, 0.717) is 12.0 Å². The van der Waals surface area contributed by atoms with Crippen molar-refractivity contribution in [3.63, 3.8) is 0 Å². The van der Waals surface area contributed by atoms with E-state index in [2.05, 4.69) is 73.5 Å². The second-order valence-electron chi connectivity index (χ2n) is 5.13. The molecule has 0 fully saturated rings. The van der Waals surface area contributed by atoms with E-state index in [9.17, 15) is 0 Å². The fourth-order valence-electron chi connectivity index (χ4n) is 2.94. The van der Waals surface area contributed by atoms with Crippen molar-refractivity contribution in [1.82, 2.24) is 4.90 Å². The third-order valence-electron chi connectivity index (χ3n) is 4.10. The quantitative estimate of drug-likeness (QED) is 0.722. The van der Waals surface area contributed by atoms with E-state index in [4.69, 9.17) is 12.2 Å². The lowest BCUT2D eigenvalue weighted by atomic mass is 9.80. The zero-order valence-electron chi connectivity index (χ0n) is 11.2. The smallest absolute Gasteiger partial charge is 0.109 e. The molecule has 0 aliphatic carbocycles. The molecule has 0 radical (unpaired) electrons. The van der Waals surface area contributed by atoms with Crippen LogP contribution in [0.25, 0.3) is 0 Å². The van der Waals surface area contributed by atoms with Crippen molar-refractivity contribution in [2.75, 3.05) is 7.05 Å². The van der Waals surface area contributed by atoms with Gasteiger partial charge in [0.1, 0.15) is 4.99 Å². The van der Waals surface area contributed by atoms with Gasteiger partial charge in [-0.15, -0.1) is 0 Å². The maximum atomic E-state index is 5.59. The summed E-state index contributed by atoms with van der Waals surface area (Å²) in [5, 5.41) is 0. The summed E-state index contributed by atoms with van der Waals surface area (Å²) in [4.78, 5) is 3.17. The van der Waals surface area contributed by atoms with E-state index < -0.39 is 0 Å². The Hall–Kier alpha value is -1.67. The molecule has 0 aromatic heterocycles. The number of thiocarbonyl (C=S) groups is 1. The normalized spacial score (nSPS) is 22.2. The Morgan fingerprint density at radius 3 is 2.32 bits per heavy atom. The van der Waals surface area contributed by atoms with Crippen molar-refractivity contribution in [3.8, 4) is 0 Å². The number of hydrogen-bond acceptors (Lipinski definition) is 1. The summed E-state index contributed by atoms with van der Waals surface area (Å²) in [6.45, 7) is 2.25. The monoisotopic (exact) mass is 267 g/mol. The molecule has 3 rings (SSSR count). The van der Waals surface area contributed by atoms with Crippen LogP contribution in [0.15, 0.2) is 54.6 Å². The van der Waals surface area contributed by atoms with E-state index in [-0.39, 0.29) is 0 Å². The van der Waals surface area contributed by atoms with Crippen LogP contribution in [0, 0.1) is 0 Å². The highest BCUT2D eigenvalue weighted by Gasteiger charge is 2.33. The number of likely N-dealkylation sites (N-methyl/N-ethyl adjacent to an activating group) is 1. The third kappa shape index (κ3) is 1.96. The van der Waals surface area contributed by atoms with E-state index >= 15 is 0 Å². The summed E-state index contributed by atoms with van der Waals surface area (Å²) in [6, 6.07) is 19.6. The van der Waals surface area contributed by atoms with E-state index in [1.54, 1.807) is 0 Å². The average molecular weight is 267 g/mol. The van der Waals surface area contributed by atoms with Crippen LogP contribution in [0.4, 0.5) is 0 Å². The van der Waals surface area contributed by atoms with Crippen LogP contribution < -0.4 is 0 Å². The lowest BCUT2D eigenvalue weighted by Gasteiger charge is -2.40. The zero-order valence-corrected chi connectivity index (χ0v) is 12.0. The van der Waals surface area contributed by atoms with Crippen LogP contribution in [0.2, 0.25) is 0 Å². The predicted octanol–water partition coefficient (Wildman–Crippen LogP) is 3.83. The molecule has 2 heteroatoms. The lowest BCUT2D eigenvalue weighted by molar-refractivity contribution is 0.352. The van der Waals surface area contributed by atoms with Gasteiger partial charge in [-0.3, -0.25) is 0 Å².